The highest BCUT2D eigenvalue weighted by Crippen LogP contribution is 2.26. The Balaban J connectivity index is 1.45. The normalized spacial score (nSPS) is 14.0. The summed E-state index contributed by atoms with van der Waals surface area (Å²) in [7, 11) is 0. The van der Waals surface area contributed by atoms with E-state index in [1.807, 2.05) is 22.4 Å². The maximum Gasteiger partial charge on any atom is 0.387 e. The Kier molecular flexibility index (Phi) is 5.74. The Morgan fingerprint density at radius 2 is 1.88 bits per heavy atom. The number of para-hydroxylation sites is 1. The summed E-state index contributed by atoms with van der Waals surface area (Å²) in [5.41, 5.74) is 3.69. The molecule has 0 spiro atoms. The molecule has 0 aliphatic carbocycles. The Morgan fingerprint density at radius 1 is 1.12 bits per heavy atom. The number of piperazine rings is 1. The summed E-state index contributed by atoms with van der Waals surface area (Å²) in [6.45, 7) is 0.375. The SMILES string of the molecule is Cc1nc2ncc(-c3cnc(N4CCNC(=O)C4)nc3)cn2c1Cc1ccccc1OC(F)F. The van der Waals surface area contributed by atoms with Crippen LogP contribution in [-0.4, -0.2) is 56.5 Å². The van der Waals surface area contributed by atoms with Gasteiger partial charge in [0, 0.05) is 61.0 Å². The van der Waals surface area contributed by atoms with Crippen molar-refractivity contribution >= 4 is 17.6 Å². The molecule has 5 rings (SSSR count). The van der Waals surface area contributed by atoms with E-state index in [0.717, 1.165) is 22.5 Å². The van der Waals surface area contributed by atoms with Crippen molar-refractivity contribution in [1.29, 1.82) is 0 Å². The molecule has 1 amide bonds. The van der Waals surface area contributed by atoms with Crippen LogP contribution in [0.3, 0.4) is 0 Å². The van der Waals surface area contributed by atoms with Gasteiger partial charge in [-0.25, -0.2) is 19.9 Å². The predicted molar refractivity (Wildman–Crippen MR) is 120 cm³/mol. The van der Waals surface area contributed by atoms with Crippen molar-refractivity contribution in [2.24, 2.45) is 0 Å². The zero-order valence-electron chi connectivity index (χ0n) is 18.3. The maximum atomic E-state index is 12.8. The van der Waals surface area contributed by atoms with Crippen LogP contribution >= 0.6 is 0 Å². The van der Waals surface area contributed by atoms with Crippen molar-refractivity contribution in [3.63, 3.8) is 0 Å². The van der Waals surface area contributed by atoms with Crippen LogP contribution in [0.15, 0.2) is 49.1 Å². The lowest BCUT2D eigenvalue weighted by Gasteiger charge is -2.26. The molecule has 0 saturated carbocycles. The summed E-state index contributed by atoms with van der Waals surface area (Å²) in [5, 5.41) is 2.78. The molecule has 9 nitrogen and oxygen atoms in total. The largest absolute Gasteiger partial charge is 0.435 e. The van der Waals surface area contributed by atoms with Gasteiger partial charge in [0.05, 0.1) is 17.9 Å². The van der Waals surface area contributed by atoms with Crippen LogP contribution in [0.5, 0.6) is 5.75 Å². The summed E-state index contributed by atoms with van der Waals surface area (Å²) in [5.74, 6) is 1.06. The number of aryl methyl sites for hydroxylation is 1. The molecular weight excluding hydrogens is 444 g/mol. The average molecular weight is 465 g/mol. The zero-order valence-corrected chi connectivity index (χ0v) is 18.3. The lowest BCUT2D eigenvalue weighted by Crippen LogP contribution is -2.48. The molecule has 3 aromatic heterocycles. The van der Waals surface area contributed by atoms with Gasteiger partial charge in [-0.05, 0) is 13.0 Å². The topological polar surface area (TPSA) is 97.5 Å². The summed E-state index contributed by atoms with van der Waals surface area (Å²) in [6.07, 6.45) is 7.28. The number of nitrogens with one attached hydrogen (secondary N) is 1. The number of imidazole rings is 1. The maximum absolute atomic E-state index is 12.8. The number of carbonyl (C=O) groups excluding carboxylic acids is 1. The second kappa shape index (κ2) is 9.00. The van der Waals surface area contributed by atoms with E-state index in [9.17, 15) is 13.6 Å². The summed E-state index contributed by atoms with van der Waals surface area (Å²) in [4.78, 5) is 31.3. The number of benzene rings is 1. The molecule has 1 aliphatic heterocycles. The summed E-state index contributed by atoms with van der Waals surface area (Å²) in [6, 6.07) is 6.71. The molecule has 4 heterocycles. The zero-order chi connectivity index (χ0) is 23.7. The number of aromatic nitrogens is 5. The van der Waals surface area contributed by atoms with Crippen molar-refractivity contribution in [3.8, 4) is 16.9 Å². The van der Waals surface area contributed by atoms with Crippen molar-refractivity contribution in [3.05, 3.63) is 66.0 Å². The molecule has 4 aromatic rings. The van der Waals surface area contributed by atoms with Crippen LogP contribution < -0.4 is 15.0 Å². The molecule has 0 radical (unpaired) electrons. The van der Waals surface area contributed by atoms with Gasteiger partial charge in [0.2, 0.25) is 17.6 Å². The van der Waals surface area contributed by atoms with E-state index < -0.39 is 6.61 Å². The van der Waals surface area contributed by atoms with Crippen molar-refractivity contribution in [2.75, 3.05) is 24.5 Å². The number of hydrogen-bond donors (Lipinski definition) is 1. The van der Waals surface area contributed by atoms with Gasteiger partial charge in [-0.2, -0.15) is 8.78 Å². The van der Waals surface area contributed by atoms with Crippen LogP contribution in [0.1, 0.15) is 17.0 Å². The first-order chi connectivity index (χ1) is 16.5. The molecule has 0 bridgehead atoms. The van der Waals surface area contributed by atoms with E-state index >= 15 is 0 Å². The van der Waals surface area contributed by atoms with Crippen LogP contribution in [0.25, 0.3) is 16.9 Å². The van der Waals surface area contributed by atoms with E-state index in [-0.39, 0.29) is 18.2 Å². The molecule has 174 valence electrons. The second-order valence-electron chi connectivity index (χ2n) is 7.86. The van der Waals surface area contributed by atoms with Crippen molar-refractivity contribution in [1.82, 2.24) is 29.7 Å². The number of hydrogen-bond acceptors (Lipinski definition) is 7. The third-order valence-corrected chi connectivity index (χ3v) is 5.62. The highest BCUT2D eigenvalue weighted by Gasteiger charge is 2.19. The average Bonchev–Trinajstić information content (AvgIpc) is 3.14. The third-order valence-electron chi connectivity index (χ3n) is 5.62. The Hall–Kier alpha value is -4.15. The molecule has 0 unspecified atom stereocenters. The summed E-state index contributed by atoms with van der Waals surface area (Å²) >= 11 is 0. The first-order valence-corrected chi connectivity index (χ1v) is 10.7. The van der Waals surface area contributed by atoms with Crippen LogP contribution in [0.2, 0.25) is 0 Å². The minimum atomic E-state index is -2.90. The molecule has 1 fully saturated rings. The van der Waals surface area contributed by atoms with Gasteiger partial charge in [-0.15, -0.1) is 0 Å². The number of amides is 1. The molecule has 1 aromatic carbocycles. The minimum Gasteiger partial charge on any atom is -0.435 e. The Morgan fingerprint density at radius 3 is 2.65 bits per heavy atom. The lowest BCUT2D eigenvalue weighted by molar-refractivity contribution is -0.120. The number of rotatable bonds is 6. The van der Waals surface area contributed by atoms with Gasteiger partial charge in [-0.3, -0.25) is 9.20 Å². The number of ether oxygens (including phenoxy) is 1. The van der Waals surface area contributed by atoms with Crippen LogP contribution in [0.4, 0.5) is 14.7 Å². The number of nitrogens with zero attached hydrogens (tertiary/aromatic N) is 6. The molecule has 11 heteroatoms. The Bertz CT molecular complexity index is 1340. The van der Waals surface area contributed by atoms with E-state index in [0.29, 0.717) is 36.8 Å². The standard InChI is InChI=1S/C23H21F2N7O2/c1-14-18(8-15-4-2-3-5-19(15)34-21(24)25)32-12-17(11-29-23(32)30-14)16-9-27-22(28-10-16)31-7-6-26-20(33)13-31/h2-5,9-12,21H,6-8,13H2,1H3,(H,26,33). The third kappa shape index (κ3) is 4.36. The first kappa shape index (κ1) is 21.7. The lowest BCUT2D eigenvalue weighted by atomic mass is 10.1. The van der Waals surface area contributed by atoms with Crippen LogP contribution in [-0.2, 0) is 11.2 Å². The second-order valence-corrected chi connectivity index (χ2v) is 7.86. The summed E-state index contributed by atoms with van der Waals surface area (Å²) < 4.78 is 32.2. The Labute approximate surface area is 193 Å². The number of anilines is 1. The smallest absolute Gasteiger partial charge is 0.387 e. The number of halogens is 2. The van der Waals surface area contributed by atoms with Gasteiger partial charge in [0.1, 0.15) is 5.75 Å². The quantitative estimate of drug-likeness (QED) is 0.468. The molecular formula is C23H21F2N7O2. The van der Waals surface area contributed by atoms with Crippen molar-refractivity contribution in [2.45, 2.75) is 20.0 Å². The van der Waals surface area contributed by atoms with E-state index in [4.69, 9.17) is 0 Å². The highest BCUT2D eigenvalue weighted by atomic mass is 19.3. The molecule has 1 N–H and O–H groups in total. The fourth-order valence-corrected chi connectivity index (χ4v) is 3.94. The van der Waals surface area contributed by atoms with Gasteiger partial charge < -0.3 is 15.0 Å². The predicted octanol–water partition coefficient (Wildman–Crippen LogP) is 2.62. The minimum absolute atomic E-state index is 0.0582. The van der Waals surface area contributed by atoms with Gasteiger partial charge >= 0.3 is 6.61 Å². The number of carbonyl (C=O) groups is 1. The van der Waals surface area contributed by atoms with E-state index in [1.165, 1.54) is 6.07 Å². The monoisotopic (exact) mass is 465 g/mol. The fraction of sp³-hybridized carbons (Fsp3) is 0.261. The van der Waals surface area contributed by atoms with Crippen LogP contribution in [0, 0.1) is 6.92 Å². The van der Waals surface area contributed by atoms with E-state index in [1.54, 1.807) is 36.8 Å². The van der Waals surface area contributed by atoms with Gasteiger partial charge in [0.15, 0.2) is 0 Å². The molecule has 1 saturated heterocycles. The van der Waals surface area contributed by atoms with Crippen molar-refractivity contribution < 1.29 is 18.3 Å². The molecule has 1 aliphatic rings. The first-order valence-electron chi connectivity index (χ1n) is 10.7. The van der Waals surface area contributed by atoms with E-state index in [2.05, 4.69) is 30.0 Å². The van der Waals surface area contributed by atoms with Gasteiger partial charge in [-0.1, -0.05) is 18.2 Å². The number of alkyl halides is 2. The fourth-order valence-electron chi connectivity index (χ4n) is 3.94. The van der Waals surface area contributed by atoms with Gasteiger partial charge in [0.25, 0.3) is 0 Å². The highest BCUT2D eigenvalue weighted by molar-refractivity contribution is 5.82. The number of fused-ring (bicyclic) bond motifs is 1. The molecule has 34 heavy (non-hydrogen) atoms. The molecule has 0 atom stereocenters.